The summed E-state index contributed by atoms with van der Waals surface area (Å²) in [5, 5.41) is 4.97. The smallest absolute Gasteiger partial charge is 0.439 e. The van der Waals surface area contributed by atoms with E-state index in [1.54, 1.807) is 12.3 Å². The molecule has 2 heterocycles. The number of ether oxygens (including phenoxy) is 2. The van der Waals surface area contributed by atoms with Gasteiger partial charge in [-0.15, -0.1) is 13.2 Å². The minimum Gasteiger partial charge on any atom is -0.439 e. The molecule has 0 saturated carbocycles. The summed E-state index contributed by atoms with van der Waals surface area (Å²) in [6, 6.07) is 9.43. The van der Waals surface area contributed by atoms with Crippen molar-refractivity contribution in [2.24, 2.45) is 0 Å². The molecule has 1 aromatic heterocycles. The summed E-state index contributed by atoms with van der Waals surface area (Å²) in [5.41, 5.74) is 1.26. The van der Waals surface area contributed by atoms with Gasteiger partial charge >= 0.3 is 12.5 Å². The van der Waals surface area contributed by atoms with Crippen molar-refractivity contribution in [3.05, 3.63) is 42.6 Å². The first-order valence-corrected chi connectivity index (χ1v) is 10.6. The number of rotatable bonds is 8. The highest BCUT2D eigenvalue weighted by Gasteiger charge is 2.31. The summed E-state index contributed by atoms with van der Waals surface area (Å²) < 4.78 is 46.1. The number of hydrogen-bond donors (Lipinski definition) is 2. The zero-order chi connectivity index (χ0) is 24.6. The van der Waals surface area contributed by atoms with E-state index in [9.17, 15) is 22.8 Å². The fourth-order valence-electron chi connectivity index (χ4n) is 3.39. The highest BCUT2D eigenvalue weighted by molar-refractivity contribution is 5.79. The van der Waals surface area contributed by atoms with E-state index in [2.05, 4.69) is 30.2 Å². The standard InChI is InChI=1S/C22H26F3N5O4/c1-26-20(31)15-33-21(32)27-7-8-29-9-11-30(12-10-29)19-6-5-17(14-28-19)16-3-2-4-18(13-16)34-22(23,24)25/h2-6,13-14H,7-12,15H2,1H3,(H,26,31)(H,27,32). The first kappa shape index (κ1) is 25.1. The number of hydrogen-bond acceptors (Lipinski definition) is 7. The molecule has 0 atom stereocenters. The molecule has 0 spiro atoms. The number of halogens is 3. The van der Waals surface area contributed by atoms with Crippen molar-refractivity contribution in [3.63, 3.8) is 0 Å². The van der Waals surface area contributed by atoms with Crippen LogP contribution in [-0.2, 0) is 9.53 Å². The number of alkyl halides is 3. The van der Waals surface area contributed by atoms with Crippen LogP contribution in [0.3, 0.4) is 0 Å². The minimum absolute atomic E-state index is 0.278. The fraction of sp³-hybridized carbons (Fsp3) is 0.409. The van der Waals surface area contributed by atoms with Gasteiger partial charge < -0.3 is 25.0 Å². The lowest BCUT2D eigenvalue weighted by molar-refractivity contribution is -0.274. The van der Waals surface area contributed by atoms with E-state index in [0.29, 0.717) is 24.2 Å². The van der Waals surface area contributed by atoms with E-state index >= 15 is 0 Å². The lowest BCUT2D eigenvalue weighted by Crippen LogP contribution is -2.48. The molecule has 0 unspecified atom stereocenters. The third-order valence-electron chi connectivity index (χ3n) is 5.16. The number of alkyl carbamates (subject to hydrolysis) is 1. The quantitative estimate of drug-likeness (QED) is 0.597. The summed E-state index contributed by atoms with van der Waals surface area (Å²) in [7, 11) is 1.46. The molecule has 1 aromatic carbocycles. The number of nitrogens with one attached hydrogen (secondary N) is 2. The number of carbonyl (C=O) groups excluding carboxylic acids is 2. The van der Waals surface area contributed by atoms with Crippen LogP contribution in [0.2, 0.25) is 0 Å². The Labute approximate surface area is 194 Å². The van der Waals surface area contributed by atoms with Gasteiger partial charge in [-0.2, -0.15) is 0 Å². The Bertz CT molecular complexity index is 964. The SMILES string of the molecule is CNC(=O)COC(=O)NCCN1CCN(c2ccc(-c3cccc(OC(F)(F)F)c3)cn2)CC1. The van der Waals surface area contributed by atoms with Gasteiger partial charge in [0.25, 0.3) is 5.91 Å². The Morgan fingerprint density at radius 3 is 2.50 bits per heavy atom. The van der Waals surface area contributed by atoms with Crippen LogP contribution in [-0.4, -0.2) is 81.2 Å². The van der Waals surface area contributed by atoms with E-state index in [-0.39, 0.29) is 18.3 Å². The summed E-state index contributed by atoms with van der Waals surface area (Å²) in [5.74, 6) is 0.123. The number of pyridine rings is 1. The van der Waals surface area contributed by atoms with Gasteiger partial charge in [-0.05, 0) is 29.8 Å². The van der Waals surface area contributed by atoms with Gasteiger partial charge in [0.15, 0.2) is 6.61 Å². The number of piperazine rings is 1. The van der Waals surface area contributed by atoms with E-state index in [1.807, 2.05) is 12.1 Å². The summed E-state index contributed by atoms with van der Waals surface area (Å²) >= 11 is 0. The topological polar surface area (TPSA) is 96.0 Å². The molecule has 2 N–H and O–H groups in total. The Kier molecular flexibility index (Phi) is 8.52. The number of aromatic nitrogens is 1. The predicted molar refractivity (Wildman–Crippen MR) is 118 cm³/mol. The molecule has 1 saturated heterocycles. The first-order chi connectivity index (χ1) is 16.2. The van der Waals surface area contributed by atoms with Gasteiger partial charge in [0.1, 0.15) is 11.6 Å². The highest BCUT2D eigenvalue weighted by Crippen LogP contribution is 2.28. The second kappa shape index (κ2) is 11.5. The predicted octanol–water partition coefficient (Wildman–Crippen LogP) is 2.24. The van der Waals surface area contributed by atoms with Gasteiger partial charge in [-0.25, -0.2) is 9.78 Å². The Morgan fingerprint density at radius 1 is 1.09 bits per heavy atom. The van der Waals surface area contributed by atoms with Crippen LogP contribution in [0.4, 0.5) is 23.8 Å². The zero-order valence-electron chi connectivity index (χ0n) is 18.6. The zero-order valence-corrected chi connectivity index (χ0v) is 18.6. The maximum atomic E-state index is 12.5. The van der Waals surface area contributed by atoms with E-state index in [0.717, 1.165) is 32.0 Å². The number of carbonyl (C=O) groups is 2. The van der Waals surface area contributed by atoms with Crippen LogP contribution in [0, 0.1) is 0 Å². The largest absolute Gasteiger partial charge is 0.573 e. The molecular weight excluding hydrogens is 455 g/mol. The molecule has 12 heteroatoms. The molecule has 1 fully saturated rings. The third-order valence-corrected chi connectivity index (χ3v) is 5.16. The van der Waals surface area contributed by atoms with Crippen molar-refractivity contribution < 1.29 is 32.2 Å². The fourth-order valence-corrected chi connectivity index (χ4v) is 3.39. The second-order valence-corrected chi connectivity index (χ2v) is 7.49. The van der Waals surface area contributed by atoms with Crippen LogP contribution < -0.4 is 20.3 Å². The molecule has 2 aromatic rings. The molecule has 0 radical (unpaired) electrons. The molecule has 0 bridgehead atoms. The van der Waals surface area contributed by atoms with Crippen molar-refractivity contribution in [2.45, 2.75) is 6.36 Å². The number of benzene rings is 1. The third kappa shape index (κ3) is 7.80. The molecular formula is C22H26F3N5O4. The average molecular weight is 481 g/mol. The number of likely N-dealkylation sites (N-methyl/N-ethyl adjacent to an activating group) is 1. The lowest BCUT2D eigenvalue weighted by atomic mass is 10.1. The summed E-state index contributed by atoms with van der Waals surface area (Å²) in [6.07, 6.45) is -3.75. The van der Waals surface area contributed by atoms with Crippen LogP contribution in [0.25, 0.3) is 11.1 Å². The van der Waals surface area contributed by atoms with Gasteiger partial charge in [0, 0.05) is 58.1 Å². The van der Waals surface area contributed by atoms with Crippen LogP contribution in [0.15, 0.2) is 42.6 Å². The van der Waals surface area contributed by atoms with Crippen LogP contribution in [0.5, 0.6) is 5.75 Å². The second-order valence-electron chi connectivity index (χ2n) is 7.49. The van der Waals surface area contributed by atoms with Crippen molar-refractivity contribution in [3.8, 4) is 16.9 Å². The minimum atomic E-state index is -4.74. The highest BCUT2D eigenvalue weighted by atomic mass is 19.4. The van der Waals surface area contributed by atoms with E-state index < -0.39 is 12.5 Å². The van der Waals surface area contributed by atoms with Crippen LogP contribution >= 0.6 is 0 Å². The number of amides is 2. The van der Waals surface area contributed by atoms with Gasteiger partial charge in [-0.3, -0.25) is 9.69 Å². The molecule has 34 heavy (non-hydrogen) atoms. The molecule has 184 valence electrons. The molecule has 1 aliphatic rings. The van der Waals surface area contributed by atoms with Crippen LogP contribution in [0.1, 0.15) is 0 Å². The number of nitrogens with zero attached hydrogens (tertiary/aromatic N) is 3. The number of anilines is 1. The first-order valence-electron chi connectivity index (χ1n) is 10.6. The Balaban J connectivity index is 1.44. The Morgan fingerprint density at radius 2 is 1.85 bits per heavy atom. The summed E-state index contributed by atoms with van der Waals surface area (Å²) in [4.78, 5) is 31.4. The van der Waals surface area contributed by atoms with Gasteiger partial charge in [-0.1, -0.05) is 12.1 Å². The molecule has 9 nitrogen and oxygen atoms in total. The lowest BCUT2D eigenvalue weighted by Gasteiger charge is -2.35. The van der Waals surface area contributed by atoms with Crippen molar-refractivity contribution in [1.82, 2.24) is 20.5 Å². The van der Waals surface area contributed by atoms with Crippen molar-refractivity contribution in [1.29, 1.82) is 0 Å². The molecule has 3 rings (SSSR count). The molecule has 0 aliphatic carbocycles. The summed E-state index contributed by atoms with van der Waals surface area (Å²) in [6.45, 7) is 3.75. The average Bonchev–Trinajstić information content (AvgIpc) is 2.82. The molecule has 2 amide bonds. The van der Waals surface area contributed by atoms with E-state index in [4.69, 9.17) is 4.74 Å². The monoisotopic (exact) mass is 481 g/mol. The Hall–Kier alpha value is -3.54. The van der Waals surface area contributed by atoms with Gasteiger partial charge in [0.05, 0.1) is 0 Å². The van der Waals surface area contributed by atoms with E-state index in [1.165, 1.54) is 25.2 Å². The maximum Gasteiger partial charge on any atom is 0.573 e. The van der Waals surface area contributed by atoms with Gasteiger partial charge in [0.2, 0.25) is 0 Å². The molecule has 1 aliphatic heterocycles. The van der Waals surface area contributed by atoms with Crippen molar-refractivity contribution >= 4 is 17.8 Å². The van der Waals surface area contributed by atoms with Crippen molar-refractivity contribution in [2.75, 3.05) is 57.8 Å². The normalized spacial score (nSPS) is 14.4. The maximum absolute atomic E-state index is 12.5.